The molecule has 2 amide bonds. The fourth-order valence-electron chi connectivity index (χ4n) is 4.25. The van der Waals surface area contributed by atoms with E-state index >= 15 is 0 Å². The third kappa shape index (κ3) is 7.61. The molecular formula is C25H45N3O4. The maximum absolute atomic E-state index is 13.4. The lowest BCUT2D eigenvalue weighted by molar-refractivity contribution is -0.140. The van der Waals surface area contributed by atoms with Crippen molar-refractivity contribution in [3.63, 3.8) is 0 Å². The molecule has 0 aromatic rings. The predicted molar refractivity (Wildman–Crippen MR) is 128 cm³/mol. The number of nitrogens with one attached hydrogen (secondary N) is 1. The lowest BCUT2D eigenvalue weighted by Crippen LogP contribution is -2.58. The zero-order valence-corrected chi connectivity index (χ0v) is 21.4. The highest BCUT2D eigenvalue weighted by atomic mass is 16.5. The van der Waals surface area contributed by atoms with E-state index in [2.05, 4.69) is 24.1 Å². The minimum Gasteiger partial charge on any atom is -0.463 e. The number of rotatable bonds is 11. The van der Waals surface area contributed by atoms with Crippen molar-refractivity contribution in [3.8, 4) is 0 Å². The molecule has 0 radical (unpaired) electrons. The topological polar surface area (TPSA) is 79.0 Å². The van der Waals surface area contributed by atoms with Crippen molar-refractivity contribution < 1.29 is 19.1 Å². The van der Waals surface area contributed by atoms with E-state index in [0.717, 1.165) is 32.2 Å². The van der Waals surface area contributed by atoms with Crippen LogP contribution in [0, 0.1) is 5.92 Å². The molecule has 1 fully saturated rings. The van der Waals surface area contributed by atoms with Crippen molar-refractivity contribution in [2.75, 3.05) is 20.2 Å². The van der Waals surface area contributed by atoms with Gasteiger partial charge >= 0.3 is 5.97 Å². The van der Waals surface area contributed by atoms with Crippen LogP contribution in [0.3, 0.4) is 0 Å². The average Bonchev–Trinajstić information content (AvgIpc) is 2.78. The summed E-state index contributed by atoms with van der Waals surface area (Å²) < 4.78 is 5.06. The quantitative estimate of drug-likeness (QED) is 0.384. The van der Waals surface area contributed by atoms with Gasteiger partial charge in [0.25, 0.3) is 0 Å². The van der Waals surface area contributed by atoms with Crippen molar-refractivity contribution >= 4 is 17.8 Å². The standard InChI is InChI=1S/C25H45N3O4/c1-9-19(7)28-15-13-12-14-21(28)23(29)26-22(17(4)5)24(30)27(8)20(10-2)16-18(6)25(31)32-11-3/h16-17,19-22H,9-15H2,1-8H3,(H,26,29)/t19?,20?,21?,22-/m0/s1. The molecule has 0 aromatic carbocycles. The lowest BCUT2D eigenvalue weighted by Gasteiger charge is -2.40. The number of hydrogen-bond acceptors (Lipinski definition) is 5. The monoisotopic (exact) mass is 451 g/mol. The van der Waals surface area contributed by atoms with Gasteiger partial charge in [-0.2, -0.15) is 0 Å². The highest BCUT2D eigenvalue weighted by molar-refractivity contribution is 5.91. The first-order valence-electron chi connectivity index (χ1n) is 12.3. The fourth-order valence-corrected chi connectivity index (χ4v) is 4.25. The summed E-state index contributed by atoms with van der Waals surface area (Å²) in [6.07, 6.45) is 6.38. The molecule has 1 aliphatic heterocycles. The normalized spacial score (nSPS) is 20.4. The van der Waals surface area contributed by atoms with E-state index in [1.54, 1.807) is 31.9 Å². The maximum atomic E-state index is 13.4. The van der Waals surface area contributed by atoms with Gasteiger partial charge in [0, 0.05) is 18.7 Å². The van der Waals surface area contributed by atoms with Gasteiger partial charge in [0.05, 0.1) is 18.7 Å². The first-order chi connectivity index (χ1) is 15.1. The van der Waals surface area contributed by atoms with Crippen molar-refractivity contribution in [2.24, 2.45) is 5.92 Å². The van der Waals surface area contributed by atoms with Gasteiger partial charge < -0.3 is 15.0 Å². The summed E-state index contributed by atoms with van der Waals surface area (Å²) in [5.41, 5.74) is 0.481. The summed E-state index contributed by atoms with van der Waals surface area (Å²) in [5.74, 6) is -0.624. The Bertz CT molecular complexity index is 662. The van der Waals surface area contributed by atoms with E-state index in [1.165, 1.54) is 0 Å². The zero-order valence-electron chi connectivity index (χ0n) is 21.4. The number of piperidine rings is 1. The van der Waals surface area contributed by atoms with Crippen LogP contribution in [-0.4, -0.2) is 72.0 Å². The molecule has 4 atom stereocenters. The van der Waals surface area contributed by atoms with Crippen LogP contribution >= 0.6 is 0 Å². The van der Waals surface area contributed by atoms with Crippen molar-refractivity contribution in [3.05, 3.63) is 11.6 Å². The molecule has 184 valence electrons. The Hall–Kier alpha value is -1.89. The first kappa shape index (κ1) is 28.1. The van der Waals surface area contributed by atoms with Gasteiger partial charge in [0.15, 0.2) is 0 Å². The molecule has 1 saturated heterocycles. The molecule has 3 unspecified atom stereocenters. The summed E-state index contributed by atoms with van der Waals surface area (Å²) in [5, 5.41) is 3.07. The van der Waals surface area contributed by atoms with Crippen LogP contribution in [0.2, 0.25) is 0 Å². The number of likely N-dealkylation sites (N-methyl/N-ethyl adjacent to an activating group) is 1. The van der Waals surface area contributed by atoms with Crippen LogP contribution in [-0.2, 0) is 19.1 Å². The zero-order chi connectivity index (χ0) is 24.4. The third-order valence-electron chi connectivity index (χ3n) is 6.54. The molecule has 1 rings (SSSR count). The van der Waals surface area contributed by atoms with Crippen LogP contribution in [0.25, 0.3) is 0 Å². The second-order valence-corrected chi connectivity index (χ2v) is 9.23. The Kier molecular flexibility index (Phi) is 12.0. The number of carbonyl (C=O) groups is 3. The molecule has 0 bridgehead atoms. The molecule has 1 N–H and O–H groups in total. The smallest absolute Gasteiger partial charge is 0.333 e. The number of carbonyl (C=O) groups excluding carboxylic acids is 3. The van der Waals surface area contributed by atoms with Crippen LogP contribution in [0.1, 0.15) is 80.6 Å². The van der Waals surface area contributed by atoms with Gasteiger partial charge in [0.2, 0.25) is 11.8 Å². The predicted octanol–water partition coefficient (Wildman–Crippen LogP) is 3.53. The molecule has 0 saturated carbocycles. The van der Waals surface area contributed by atoms with Gasteiger partial charge in [-0.05, 0) is 58.9 Å². The molecule has 0 spiro atoms. The summed E-state index contributed by atoms with van der Waals surface area (Å²) in [6, 6.07) is -0.719. The summed E-state index contributed by atoms with van der Waals surface area (Å²) in [7, 11) is 1.74. The highest BCUT2D eigenvalue weighted by Crippen LogP contribution is 2.22. The largest absolute Gasteiger partial charge is 0.463 e. The second kappa shape index (κ2) is 13.6. The number of esters is 1. The first-order valence-corrected chi connectivity index (χ1v) is 12.3. The number of hydrogen-bond donors (Lipinski definition) is 1. The van der Waals surface area contributed by atoms with Crippen LogP contribution in [0.5, 0.6) is 0 Å². The average molecular weight is 452 g/mol. The number of nitrogens with zero attached hydrogens (tertiary/aromatic N) is 2. The molecule has 7 heteroatoms. The van der Waals surface area contributed by atoms with Gasteiger partial charge in [-0.3, -0.25) is 14.5 Å². The second-order valence-electron chi connectivity index (χ2n) is 9.23. The number of likely N-dealkylation sites (tertiary alicyclic amines) is 1. The molecule has 1 heterocycles. The third-order valence-corrected chi connectivity index (χ3v) is 6.54. The SMILES string of the molecule is CCOC(=O)C(C)=CC(CC)N(C)C(=O)[C@@H](NC(=O)C1CCCCN1C(C)CC)C(C)C. The summed E-state index contributed by atoms with van der Waals surface area (Å²) in [4.78, 5) is 42.6. The van der Waals surface area contributed by atoms with Crippen LogP contribution < -0.4 is 5.32 Å². The highest BCUT2D eigenvalue weighted by Gasteiger charge is 2.35. The van der Waals surface area contributed by atoms with E-state index in [-0.39, 0.29) is 35.8 Å². The van der Waals surface area contributed by atoms with Crippen molar-refractivity contribution in [1.29, 1.82) is 0 Å². The van der Waals surface area contributed by atoms with E-state index < -0.39 is 6.04 Å². The van der Waals surface area contributed by atoms with E-state index in [4.69, 9.17) is 4.74 Å². The Morgan fingerprint density at radius 2 is 1.78 bits per heavy atom. The fraction of sp³-hybridized carbons (Fsp3) is 0.800. The van der Waals surface area contributed by atoms with Gasteiger partial charge in [0.1, 0.15) is 6.04 Å². The maximum Gasteiger partial charge on any atom is 0.333 e. The molecular weight excluding hydrogens is 406 g/mol. The van der Waals surface area contributed by atoms with Crippen molar-refractivity contribution in [2.45, 2.75) is 105 Å². The van der Waals surface area contributed by atoms with Gasteiger partial charge in [-0.15, -0.1) is 0 Å². The van der Waals surface area contributed by atoms with E-state index in [1.807, 2.05) is 20.8 Å². The van der Waals surface area contributed by atoms with Gasteiger partial charge in [-0.25, -0.2) is 4.79 Å². The van der Waals surface area contributed by atoms with Crippen LogP contribution in [0.4, 0.5) is 0 Å². The van der Waals surface area contributed by atoms with Gasteiger partial charge in [-0.1, -0.05) is 40.2 Å². The molecule has 0 aliphatic carbocycles. The molecule has 7 nitrogen and oxygen atoms in total. The molecule has 32 heavy (non-hydrogen) atoms. The van der Waals surface area contributed by atoms with E-state index in [9.17, 15) is 14.4 Å². The Balaban J connectivity index is 2.99. The lowest BCUT2D eigenvalue weighted by atomic mass is 9.96. The number of ether oxygens (including phenoxy) is 1. The summed E-state index contributed by atoms with van der Waals surface area (Å²) in [6.45, 7) is 14.9. The van der Waals surface area contributed by atoms with E-state index in [0.29, 0.717) is 24.6 Å². The number of amides is 2. The Morgan fingerprint density at radius 3 is 2.31 bits per heavy atom. The molecule has 1 aliphatic rings. The minimum absolute atomic E-state index is 0.0535. The Labute approximate surface area is 194 Å². The minimum atomic E-state index is -0.612. The molecule has 0 aromatic heterocycles. The van der Waals surface area contributed by atoms with Crippen molar-refractivity contribution in [1.82, 2.24) is 15.1 Å². The summed E-state index contributed by atoms with van der Waals surface area (Å²) >= 11 is 0. The van der Waals surface area contributed by atoms with Crippen LogP contribution in [0.15, 0.2) is 11.6 Å². The Morgan fingerprint density at radius 1 is 1.12 bits per heavy atom.